The average Bonchev–Trinajstić information content (AvgIpc) is 3.27. The van der Waals surface area contributed by atoms with Crippen LogP contribution in [0.4, 0.5) is 0 Å². The van der Waals surface area contributed by atoms with Gasteiger partial charge in [-0.05, 0) is 31.5 Å². The van der Waals surface area contributed by atoms with Crippen molar-refractivity contribution in [3.8, 4) is 27.5 Å². The Balaban J connectivity index is 1.79. The molecule has 0 aliphatic heterocycles. The van der Waals surface area contributed by atoms with Gasteiger partial charge in [0.25, 0.3) is 0 Å². The molecule has 0 radical (unpaired) electrons. The number of aryl methyl sites for hydroxylation is 2. The van der Waals surface area contributed by atoms with Crippen molar-refractivity contribution in [2.24, 2.45) is 0 Å². The second kappa shape index (κ2) is 8.75. The lowest BCUT2D eigenvalue weighted by Gasteiger charge is -2.05. The molecule has 0 fully saturated rings. The highest BCUT2D eigenvalue weighted by atomic mass is 35.5. The molecule has 0 aliphatic rings. The van der Waals surface area contributed by atoms with E-state index >= 15 is 0 Å². The smallest absolute Gasteiger partial charge is 0.211 e. The number of rotatable bonds is 5. The molecule has 0 spiro atoms. The van der Waals surface area contributed by atoms with Crippen LogP contribution in [0.15, 0.2) is 52.9 Å². The lowest BCUT2D eigenvalue weighted by molar-refractivity contribution is 0.853. The molecular weight excluding hydrogens is 453 g/mol. The number of thiazole rings is 1. The minimum atomic E-state index is 0.432. The highest BCUT2D eigenvalue weighted by molar-refractivity contribution is 8.01. The summed E-state index contributed by atoms with van der Waals surface area (Å²) >= 11 is 15.8. The van der Waals surface area contributed by atoms with Crippen LogP contribution in [0.3, 0.4) is 0 Å². The molecule has 0 saturated heterocycles. The van der Waals surface area contributed by atoms with Gasteiger partial charge in [-0.15, -0.1) is 11.8 Å². The van der Waals surface area contributed by atoms with Gasteiger partial charge in [0.15, 0.2) is 0 Å². The average molecular weight is 474 g/mol. The number of nitrogens with zero attached hydrogens (tertiary/aromatic N) is 3. The number of halogens is 2. The normalized spacial score (nSPS) is 11.4. The Bertz CT molecular complexity index is 1210. The van der Waals surface area contributed by atoms with E-state index < -0.39 is 0 Å². The van der Waals surface area contributed by atoms with E-state index in [0.29, 0.717) is 15.3 Å². The van der Waals surface area contributed by atoms with Gasteiger partial charge in [0, 0.05) is 22.6 Å². The molecule has 2 aromatic heterocycles. The van der Waals surface area contributed by atoms with Crippen LogP contribution in [0.2, 0.25) is 10.0 Å². The van der Waals surface area contributed by atoms with Gasteiger partial charge in [-0.25, -0.2) is 9.67 Å². The van der Waals surface area contributed by atoms with Gasteiger partial charge in [-0.2, -0.15) is 5.10 Å². The molecule has 2 heterocycles. The molecule has 0 N–H and O–H groups in total. The van der Waals surface area contributed by atoms with Crippen LogP contribution < -0.4 is 0 Å². The Morgan fingerprint density at radius 2 is 1.80 bits per heavy atom. The van der Waals surface area contributed by atoms with Crippen LogP contribution in [0, 0.1) is 13.8 Å². The van der Waals surface area contributed by atoms with E-state index in [4.69, 9.17) is 33.3 Å². The van der Waals surface area contributed by atoms with E-state index in [1.807, 2.05) is 29.8 Å². The fourth-order valence-electron chi connectivity index (χ4n) is 3.17. The van der Waals surface area contributed by atoms with Crippen LogP contribution in [0.1, 0.15) is 25.1 Å². The second-order valence-corrected chi connectivity index (χ2v) is 11.0. The maximum absolute atomic E-state index is 6.27. The Morgan fingerprint density at radius 1 is 1.00 bits per heavy atom. The predicted molar refractivity (Wildman–Crippen MR) is 131 cm³/mol. The summed E-state index contributed by atoms with van der Waals surface area (Å²) in [6, 6.07) is 14.1. The van der Waals surface area contributed by atoms with Crippen LogP contribution in [-0.2, 0) is 0 Å². The molecule has 4 rings (SSSR count). The SMILES string of the molecule is Cc1cccc(-c2cn(-c3nc(-c4ccc(Cl)c(Cl)c4)c(SC(C)C)s3)nc2C)c1. The summed E-state index contributed by atoms with van der Waals surface area (Å²) in [6.45, 7) is 8.49. The van der Waals surface area contributed by atoms with Crippen LogP contribution in [-0.4, -0.2) is 20.0 Å². The van der Waals surface area contributed by atoms with Crippen molar-refractivity contribution in [3.05, 3.63) is 70.0 Å². The molecule has 154 valence electrons. The summed E-state index contributed by atoms with van der Waals surface area (Å²) in [5.41, 5.74) is 6.35. The molecular formula is C23H21Cl2N3S2. The zero-order chi connectivity index (χ0) is 21.4. The van der Waals surface area contributed by atoms with Crippen LogP contribution in [0.25, 0.3) is 27.5 Å². The summed E-state index contributed by atoms with van der Waals surface area (Å²) in [5, 5.41) is 7.09. The molecule has 0 amide bonds. The van der Waals surface area contributed by atoms with E-state index in [1.54, 1.807) is 23.1 Å². The fourth-order valence-corrected chi connectivity index (χ4v) is 5.91. The Kier molecular flexibility index (Phi) is 6.26. The zero-order valence-corrected chi connectivity index (χ0v) is 20.3. The van der Waals surface area contributed by atoms with E-state index in [9.17, 15) is 0 Å². The zero-order valence-electron chi connectivity index (χ0n) is 17.1. The van der Waals surface area contributed by atoms with Gasteiger partial charge >= 0.3 is 0 Å². The second-order valence-electron chi connectivity index (χ2n) is 7.37. The van der Waals surface area contributed by atoms with E-state index in [0.717, 1.165) is 37.4 Å². The van der Waals surface area contributed by atoms with Crippen molar-refractivity contribution in [1.82, 2.24) is 14.8 Å². The molecule has 4 aromatic rings. The lowest BCUT2D eigenvalue weighted by atomic mass is 10.1. The number of hydrogen-bond acceptors (Lipinski definition) is 4. The molecule has 0 atom stereocenters. The maximum atomic E-state index is 6.27. The quantitative estimate of drug-likeness (QED) is 0.274. The monoisotopic (exact) mass is 473 g/mol. The van der Waals surface area contributed by atoms with Crippen molar-refractivity contribution >= 4 is 46.3 Å². The van der Waals surface area contributed by atoms with E-state index in [2.05, 4.69) is 51.2 Å². The summed E-state index contributed by atoms with van der Waals surface area (Å²) in [7, 11) is 0. The fraction of sp³-hybridized carbons (Fsp3) is 0.217. The van der Waals surface area contributed by atoms with Gasteiger partial charge in [0.1, 0.15) is 0 Å². The van der Waals surface area contributed by atoms with Crippen molar-refractivity contribution in [2.45, 2.75) is 37.2 Å². The van der Waals surface area contributed by atoms with Gasteiger partial charge < -0.3 is 0 Å². The Labute approximate surface area is 195 Å². The van der Waals surface area contributed by atoms with Crippen molar-refractivity contribution in [2.75, 3.05) is 0 Å². The molecule has 0 saturated carbocycles. The summed E-state index contributed by atoms with van der Waals surface area (Å²) < 4.78 is 3.02. The van der Waals surface area contributed by atoms with E-state index in [-0.39, 0.29) is 0 Å². The topological polar surface area (TPSA) is 30.7 Å². The molecule has 0 aliphatic carbocycles. The molecule has 0 bridgehead atoms. The highest BCUT2D eigenvalue weighted by Gasteiger charge is 2.19. The first-order valence-corrected chi connectivity index (χ1v) is 12.0. The van der Waals surface area contributed by atoms with Crippen molar-refractivity contribution < 1.29 is 0 Å². The summed E-state index contributed by atoms with van der Waals surface area (Å²) in [4.78, 5) is 4.94. The number of aromatic nitrogens is 3. The highest BCUT2D eigenvalue weighted by Crippen LogP contribution is 2.41. The minimum Gasteiger partial charge on any atom is -0.217 e. The van der Waals surface area contributed by atoms with Crippen LogP contribution >= 0.6 is 46.3 Å². The molecule has 2 aromatic carbocycles. The van der Waals surface area contributed by atoms with Gasteiger partial charge in [0.2, 0.25) is 5.13 Å². The third kappa shape index (κ3) is 4.45. The van der Waals surface area contributed by atoms with Gasteiger partial charge in [0.05, 0.1) is 25.6 Å². The third-order valence-corrected chi connectivity index (χ3v) is 7.54. The summed E-state index contributed by atoms with van der Waals surface area (Å²) in [5.74, 6) is 0. The number of thioether (sulfide) groups is 1. The molecule has 0 unspecified atom stereocenters. The van der Waals surface area contributed by atoms with Crippen molar-refractivity contribution in [3.63, 3.8) is 0 Å². The van der Waals surface area contributed by atoms with Crippen LogP contribution in [0.5, 0.6) is 0 Å². The Hall–Kier alpha value is -1.79. The van der Waals surface area contributed by atoms with E-state index in [1.165, 1.54) is 5.56 Å². The van der Waals surface area contributed by atoms with Gasteiger partial charge in [-0.3, -0.25) is 0 Å². The molecule has 3 nitrogen and oxygen atoms in total. The minimum absolute atomic E-state index is 0.432. The first-order valence-electron chi connectivity index (χ1n) is 9.58. The van der Waals surface area contributed by atoms with Crippen molar-refractivity contribution in [1.29, 1.82) is 0 Å². The first kappa shape index (κ1) is 21.4. The number of hydrogen-bond donors (Lipinski definition) is 0. The molecule has 7 heteroatoms. The largest absolute Gasteiger partial charge is 0.217 e. The Morgan fingerprint density at radius 3 is 2.50 bits per heavy atom. The maximum Gasteiger partial charge on any atom is 0.211 e. The summed E-state index contributed by atoms with van der Waals surface area (Å²) in [6.07, 6.45) is 2.06. The third-order valence-electron chi connectivity index (χ3n) is 4.54. The predicted octanol–water partition coefficient (Wildman–Crippen LogP) is 8.09. The van der Waals surface area contributed by atoms with Gasteiger partial charge in [-0.1, -0.05) is 84.3 Å². The standard InChI is InChI=1S/C23H21Cl2N3S2/c1-13(2)29-22-21(17-8-9-19(24)20(25)11-17)26-23(30-22)28-12-18(15(4)27-28)16-7-5-6-14(3)10-16/h5-13H,1-4H3. The lowest BCUT2D eigenvalue weighted by Crippen LogP contribution is -1.94. The number of benzene rings is 2. The molecule has 30 heavy (non-hydrogen) atoms. The first-order chi connectivity index (χ1) is 14.3.